The average molecular weight is 214 g/mol. The van der Waals surface area contributed by atoms with Crippen molar-refractivity contribution in [3.63, 3.8) is 0 Å². The lowest BCUT2D eigenvalue weighted by molar-refractivity contribution is -0.144. The van der Waals surface area contributed by atoms with Crippen LogP contribution in [0.15, 0.2) is 0 Å². The quantitative estimate of drug-likeness (QED) is 0.730. The third-order valence-electron chi connectivity index (χ3n) is 3.34. The molecule has 88 valence electrons. The van der Waals surface area contributed by atoms with Crippen molar-refractivity contribution in [2.75, 3.05) is 13.1 Å². The van der Waals surface area contributed by atoms with Crippen molar-refractivity contribution in [3.8, 4) is 0 Å². The third kappa shape index (κ3) is 3.18. The Labute approximate surface area is 91.4 Å². The average Bonchev–Trinajstić information content (AvgIpc) is 2.18. The molecule has 0 aliphatic carbocycles. The smallest absolute Gasteiger partial charge is 0.320 e. The van der Waals surface area contributed by atoms with Gasteiger partial charge in [-0.25, -0.2) is 0 Å². The normalized spacial score (nSPS) is 30.1. The molecular weight excluding hydrogens is 192 g/mol. The number of likely N-dealkylation sites (tertiary alicyclic amines) is 1. The molecule has 1 aliphatic heterocycles. The Bertz CT molecular complexity index is 221. The summed E-state index contributed by atoms with van der Waals surface area (Å²) in [5, 5.41) is 9.13. The Kier molecular flexibility index (Phi) is 4.54. The van der Waals surface area contributed by atoms with Crippen molar-refractivity contribution in [1.29, 1.82) is 0 Å². The van der Waals surface area contributed by atoms with E-state index in [2.05, 4.69) is 6.92 Å². The second-order valence-corrected chi connectivity index (χ2v) is 4.57. The first kappa shape index (κ1) is 12.5. The van der Waals surface area contributed by atoms with Crippen LogP contribution in [0.25, 0.3) is 0 Å². The lowest BCUT2D eigenvalue weighted by Gasteiger charge is -2.38. The van der Waals surface area contributed by atoms with E-state index < -0.39 is 5.97 Å². The molecular formula is C11H22N2O2. The van der Waals surface area contributed by atoms with Crippen molar-refractivity contribution in [3.05, 3.63) is 0 Å². The molecule has 1 aliphatic rings. The minimum absolute atomic E-state index is 0.123. The molecule has 3 atom stereocenters. The summed E-state index contributed by atoms with van der Waals surface area (Å²) in [4.78, 5) is 13.1. The van der Waals surface area contributed by atoms with Gasteiger partial charge in [0.2, 0.25) is 0 Å². The number of nitrogens with zero attached hydrogens (tertiary/aromatic N) is 1. The standard InChI is InChI=1S/C11H22N2O2/c1-3-4-10(11(14)15)13-6-5-8(2)9(12)7-13/h8-10H,3-7,12H2,1-2H3,(H,14,15). The topological polar surface area (TPSA) is 66.6 Å². The van der Waals surface area contributed by atoms with E-state index >= 15 is 0 Å². The first-order valence-electron chi connectivity index (χ1n) is 5.78. The zero-order chi connectivity index (χ0) is 11.4. The minimum Gasteiger partial charge on any atom is -0.480 e. The first-order chi connectivity index (χ1) is 7.06. The van der Waals surface area contributed by atoms with Crippen molar-refractivity contribution < 1.29 is 9.90 Å². The summed E-state index contributed by atoms with van der Waals surface area (Å²) in [7, 11) is 0. The lowest BCUT2D eigenvalue weighted by Crippen LogP contribution is -2.53. The number of carboxylic acid groups (broad SMARTS) is 1. The molecule has 3 N–H and O–H groups in total. The lowest BCUT2D eigenvalue weighted by atomic mass is 9.92. The van der Waals surface area contributed by atoms with Gasteiger partial charge >= 0.3 is 5.97 Å². The fourth-order valence-electron chi connectivity index (χ4n) is 2.14. The Morgan fingerprint density at radius 1 is 1.67 bits per heavy atom. The minimum atomic E-state index is -0.710. The summed E-state index contributed by atoms with van der Waals surface area (Å²) in [6.07, 6.45) is 2.63. The molecule has 1 rings (SSSR count). The molecule has 0 saturated carbocycles. The monoisotopic (exact) mass is 214 g/mol. The van der Waals surface area contributed by atoms with Crippen LogP contribution in [0.4, 0.5) is 0 Å². The van der Waals surface area contributed by atoms with Crippen LogP contribution in [0.3, 0.4) is 0 Å². The SMILES string of the molecule is CCCC(C(=O)O)N1CCC(C)C(N)C1. The fourth-order valence-corrected chi connectivity index (χ4v) is 2.14. The largest absolute Gasteiger partial charge is 0.480 e. The van der Waals surface area contributed by atoms with Gasteiger partial charge in [0.15, 0.2) is 0 Å². The van der Waals surface area contributed by atoms with E-state index in [-0.39, 0.29) is 12.1 Å². The van der Waals surface area contributed by atoms with Gasteiger partial charge < -0.3 is 10.8 Å². The number of hydrogen-bond acceptors (Lipinski definition) is 3. The van der Waals surface area contributed by atoms with Gasteiger partial charge in [-0.05, 0) is 25.3 Å². The van der Waals surface area contributed by atoms with Gasteiger partial charge in [0, 0.05) is 12.6 Å². The van der Waals surface area contributed by atoms with E-state index in [0.717, 1.165) is 32.4 Å². The zero-order valence-electron chi connectivity index (χ0n) is 9.65. The number of carbonyl (C=O) groups is 1. The van der Waals surface area contributed by atoms with E-state index in [1.54, 1.807) is 0 Å². The first-order valence-corrected chi connectivity index (χ1v) is 5.78. The second kappa shape index (κ2) is 5.47. The third-order valence-corrected chi connectivity index (χ3v) is 3.34. The van der Waals surface area contributed by atoms with Gasteiger partial charge in [0.25, 0.3) is 0 Å². The summed E-state index contributed by atoms with van der Waals surface area (Å²) in [5.74, 6) is -0.198. The molecule has 0 bridgehead atoms. The summed E-state index contributed by atoms with van der Waals surface area (Å²) >= 11 is 0. The van der Waals surface area contributed by atoms with Gasteiger partial charge in [-0.1, -0.05) is 20.3 Å². The molecule has 0 aromatic carbocycles. The van der Waals surface area contributed by atoms with Crippen molar-refractivity contribution in [2.24, 2.45) is 11.7 Å². The molecule has 1 saturated heterocycles. The highest BCUT2D eigenvalue weighted by atomic mass is 16.4. The molecule has 0 amide bonds. The van der Waals surface area contributed by atoms with Gasteiger partial charge in [-0.15, -0.1) is 0 Å². The number of hydrogen-bond donors (Lipinski definition) is 2. The maximum absolute atomic E-state index is 11.1. The summed E-state index contributed by atoms with van der Waals surface area (Å²) in [6, 6.07) is -0.217. The molecule has 0 spiro atoms. The Hall–Kier alpha value is -0.610. The van der Waals surface area contributed by atoms with Crippen LogP contribution >= 0.6 is 0 Å². The van der Waals surface area contributed by atoms with E-state index in [4.69, 9.17) is 10.8 Å². The van der Waals surface area contributed by atoms with Crippen LogP contribution in [-0.4, -0.2) is 41.1 Å². The highest BCUT2D eigenvalue weighted by Gasteiger charge is 2.31. The summed E-state index contributed by atoms with van der Waals surface area (Å²) in [5.41, 5.74) is 5.97. The van der Waals surface area contributed by atoms with E-state index in [9.17, 15) is 4.79 Å². The van der Waals surface area contributed by atoms with Gasteiger partial charge in [0.05, 0.1) is 0 Å². The van der Waals surface area contributed by atoms with Crippen LogP contribution in [0.1, 0.15) is 33.1 Å². The second-order valence-electron chi connectivity index (χ2n) is 4.57. The van der Waals surface area contributed by atoms with Crippen molar-refractivity contribution in [2.45, 2.75) is 45.2 Å². The van der Waals surface area contributed by atoms with E-state index in [1.807, 2.05) is 11.8 Å². The molecule has 4 nitrogen and oxygen atoms in total. The molecule has 0 aromatic heterocycles. The Balaban J connectivity index is 2.57. The van der Waals surface area contributed by atoms with Crippen LogP contribution in [0, 0.1) is 5.92 Å². The van der Waals surface area contributed by atoms with Gasteiger partial charge in [0.1, 0.15) is 6.04 Å². The maximum Gasteiger partial charge on any atom is 0.320 e. The van der Waals surface area contributed by atoms with Gasteiger partial charge in [-0.2, -0.15) is 0 Å². The predicted molar refractivity (Wildman–Crippen MR) is 59.7 cm³/mol. The van der Waals surface area contributed by atoms with Crippen LogP contribution in [-0.2, 0) is 4.79 Å². The molecule has 4 heteroatoms. The highest BCUT2D eigenvalue weighted by Crippen LogP contribution is 2.19. The number of rotatable bonds is 4. The van der Waals surface area contributed by atoms with Crippen LogP contribution in [0.5, 0.6) is 0 Å². The number of piperidine rings is 1. The molecule has 0 radical (unpaired) electrons. The molecule has 0 aromatic rings. The molecule has 1 heterocycles. The molecule has 1 fully saturated rings. The fraction of sp³-hybridized carbons (Fsp3) is 0.909. The van der Waals surface area contributed by atoms with Crippen LogP contribution in [0.2, 0.25) is 0 Å². The highest BCUT2D eigenvalue weighted by molar-refractivity contribution is 5.73. The van der Waals surface area contributed by atoms with Crippen LogP contribution < -0.4 is 5.73 Å². The molecule has 3 unspecified atom stereocenters. The Morgan fingerprint density at radius 3 is 2.80 bits per heavy atom. The molecule has 15 heavy (non-hydrogen) atoms. The van der Waals surface area contributed by atoms with Crippen molar-refractivity contribution in [1.82, 2.24) is 4.90 Å². The van der Waals surface area contributed by atoms with Gasteiger partial charge in [-0.3, -0.25) is 9.69 Å². The van der Waals surface area contributed by atoms with E-state index in [1.165, 1.54) is 0 Å². The number of carboxylic acids is 1. The number of aliphatic carboxylic acids is 1. The Morgan fingerprint density at radius 2 is 2.33 bits per heavy atom. The van der Waals surface area contributed by atoms with E-state index in [0.29, 0.717) is 5.92 Å². The summed E-state index contributed by atoms with van der Waals surface area (Å²) < 4.78 is 0. The predicted octanol–water partition coefficient (Wildman–Crippen LogP) is 0.909. The summed E-state index contributed by atoms with van der Waals surface area (Å²) in [6.45, 7) is 5.74. The number of nitrogens with two attached hydrogens (primary N) is 1. The van der Waals surface area contributed by atoms with Crippen molar-refractivity contribution >= 4 is 5.97 Å². The maximum atomic E-state index is 11.1. The zero-order valence-corrected chi connectivity index (χ0v) is 9.65.